The van der Waals surface area contributed by atoms with Crippen LogP contribution in [-0.4, -0.2) is 36.9 Å². The van der Waals surface area contributed by atoms with Crippen molar-refractivity contribution in [3.8, 4) is 5.75 Å². The molecule has 0 bridgehead atoms. The minimum absolute atomic E-state index is 0.203. The largest absolute Gasteiger partial charge is 0.501 e. The lowest BCUT2D eigenvalue weighted by atomic mass is 9.94. The molecule has 0 radical (unpaired) electrons. The summed E-state index contributed by atoms with van der Waals surface area (Å²) in [4.78, 5) is 22.5. The lowest BCUT2D eigenvalue weighted by Crippen LogP contribution is -2.35. The van der Waals surface area contributed by atoms with Crippen LogP contribution in [0.2, 0.25) is 0 Å². The maximum absolute atomic E-state index is 11.4. The summed E-state index contributed by atoms with van der Waals surface area (Å²) in [5.74, 6) is 0.586. The first-order valence-electron chi connectivity index (χ1n) is 8.58. The van der Waals surface area contributed by atoms with Crippen LogP contribution in [0.15, 0.2) is 46.0 Å². The van der Waals surface area contributed by atoms with Gasteiger partial charge in [0.25, 0.3) is 0 Å². The van der Waals surface area contributed by atoms with Crippen molar-refractivity contribution in [2.45, 2.75) is 31.5 Å². The van der Waals surface area contributed by atoms with Crippen LogP contribution in [0.1, 0.15) is 36.7 Å². The van der Waals surface area contributed by atoms with Crippen LogP contribution in [0.3, 0.4) is 0 Å². The lowest BCUT2D eigenvalue weighted by Gasteiger charge is -2.32. The second-order valence-electron chi connectivity index (χ2n) is 6.46. The topological polar surface area (TPSA) is 91.9 Å². The third-order valence-electron chi connectivity index (χ3n) is 4.93. The normalized spacial score (nSPS) is 24.0. The van der Waals surface area contributed by atoms with Crippen LogP contribution < -0.4 is 0 Å². The summed E-state index contributed by atoms with van der Waals surface area (Å²) in [5.41, 5.74) is 1.25. The van der Waals surface area contributed by atoms with E-state index < -0.39 is 4.92 Å². The molecule has 0 amide bonds. The number of hydrogen-bond acceptors (Lipinski definition) is 7. The van der Waals surface area contributed by atoms with Crippen LogP contribution >= 0.6 is 27.7 Å². The molecule has 0 unspecified atom stereocenters. The maximum atomic E-state index is 11.4. The molecule has 1 saturated heterocycles. The number of nitro benzene ring substituents is 1. The van der Waals surface area contributed by atoms with Crippen LogP contribution in [0.5, 0.6) is 5.75 Å². The van der Waals surface area contributed by atoms with Gasteiger partial charge in [0.15, 0.2) is 5.17 Å². The van der Waals surface area contributed by atoms with Crippen molar-refractivity contribution in [3.63, 3.8) is 0 Å². The minimum atomic E-state index is -0.563. The van der Waals surface area contributed by atoms with Gasteiger partial charge in [0, 0.05) is 24.1 Å². The molecule has 2 aliphatic heterocycles. The molecule has 0 saturated carbocycles. The van der Waals surface area contributed by atoms with Crippen LogP contribution in [-0.2, 0) is 0 Å². The van der Waals surface area contributed by atoms with Gasteiger partial charge in [-0.15, -0.1) is 0 Å². The van der Waals surface area contributed by atoms with E-state index in [1.807, 2.05) is 18.2 Å². The molecular weight excluding hydrogens is 432 g/mol. The number of rotatable bonds is 4. The number of aromatic nitrogens is 1. The van der Waals surface area contributed by atoms with E-state index in [4.69, 9.17) is 4.99 Å². The fraction of sp³-hybridized carbons (Fsp3) is 0.333. The fourth-order valence-electron chi connectivity index (χ4n) is 3.62. The van der Waals surface area contributed by atoms with Crippen molar-refractivity contribution < 1.29 is 10.0 Å². The van der Waals surface area contributed by atoms with Gasteiger partial charge in [-0.05, 0) is 46.1 Å². The van der Waals surface area contributed by atoms with E-state index in [1.54, 1.807) is 24.0 Å². The van der Waals surface area contributed by atoms with Gasteiger partial charge in [-0.2, -0.15) is 0 Å². The monoisotopic (exact) mass is 448 g/mol. The first kappa shape index (κ1) is 18.2. The third kappa shape index (κ3) is 3.08. The first-order valence-corrected chi connectivity index (χ1v) is 10.4. The third-order valence-corrected chi connectivity index (χ3v) is 6.66. The number of thioether (sulfide) groups is 1. The van der Waals surface area contributed by atoms with E-state index in [0.29, 0.717) is 10.5 Å². The number of hydrogen-bond donors (Lipinski definition) is 1. The molecular formula is C18H17BrN4O3S. The Labute approximate surface area is 168 Å². The van der Waals surface area contributed by atoms with Gasteiger partial charge in [0.05, 0.1) is 21.1 Å². The summed E-state index contributed by atoms with van der Waals surface area (Å²) in [6.07, 6.45) is 2.69. The van der Waals surface area contributed by atoms with Gasteiger partial charge in [0.1, 0.15) is 6.04 Å². The predicted octanol–water partition coefficient (Wildman–Crippen LogP) is 4.44. The van der Waals surface area contributed by atoms with Crippen LogP contribution in [0.25, 0.3) is 0 Å². The molecule has 3 atom stereocenters. The molecule has 1 aromatic heterocycles. The van der Waals surface area contributed by atoms with Gasteiger partial charge in [0.2, 0.25) is 5.75 Å². The minimum Gasteiger partial charge on any atom is -0.501 e. The first-order chi connectivity index (χ1) is 13.0. The van der Waals surface area contributed by atoms with Crippen LogP contribution in [0.4, 0.5) is 5.69 Å². The zero-order valence-electron chi connectivity index (χ0n) is 14.4. The van der Waals surface area contributed by atoms with Gasteiger partial charge in [-0.1, -0.05) is 24.8 Å². The Morgan fingerprint density at radius 1 is 1.44 bits per heavy atom. The number of fused-ring (bicyclic) bond motifs is 1. The SMILES string of the molecule is CC[C@H]1CSC2=N[C@H](c3ccccn3)[C@@H](c3cc(Br)c(O)c([N+](=O)[O-])c3)N21. The highest BCUT2D eigenvalue weighted by Crippen LogP contribution is 2.50. The van der Waals surface area contributed by atoms with Crippen molar-refractivity contribution in [1.82, 2.24) is 9.88 Å². The van der Waals surface area contributed by atoms with Crippen molar-refractivity contribution in [2.24, 2.45) is 4.99 Å². The molecule has 7 nitrogen and oxygen atoms in total. The molecule has 1 fully saturated rings. The Balaban J connectivity index is 1.86. The predicted molar refractivity (Wildman–Crippen MR) is 108 cm³/mol. The van der Waals surface area contributed by atoms with Gasteiger partial charge in [-0.25, -0.2) is 0 Å². The lowest BCUT2D eigenvalue weighted by molar-refractivity contribution is -0.386. The van der Waals surface area contributed by atoms with Crippen molar-refractivity contribution in [3.05, 3.63) is 62.4 Å². The number of aromatic hydroxyl groups is 1. The Bertz CT molecular complexity index is 924. The number of aliphatic imine (C=N–C) groups is 1. The smallest absolute Gasteiger partial charge is 0.312 e. The van der Waals surface area contributed by atoms with E-state index in [0.717, 1.165) is 28.6 Å². The van der Waals surface area contributed by atoms with Gasteiger partial charge < -0.3 is 10.0 Å². The van der Waals surface area contributed by atoms with Gasteiger partial charge in [-0.3, -0.25) is 20.1 Å². The Hall–Kier alpha value is -2.13. The summed E-state index contributed by atoms with van der Waals surface area (Å²) in [6.45, 7) is 2.13. The Kier molecular flexibility index (Phi) is 4.81. The molecule has 4 rings (SSSR count). The van der Waals surface area contributed by atoms with Crippen molar-refractivity contribution in [1.29, 1.82) is 0 Å². The average Bonchev–Trinajstić information content (AvgIpc) is 3.23. The number of phenolic OH excluding ortho intramolecular Hbond substituents is 1. The van der Waals surface area contributed by atoms with Crippen molar-refractivity contribution >= 4 is 38.5 Å². The van der Waals surface area contributed by atoms with Gasteiger partial charge >= 0.3 is 5.69 Å². The second-order valence-corrected chi connectivity index (χ2v) is 8.31. The number of pyridine rings is 1. The molecule has 0 aliphatic carbocycles. The number of halogens is 1. The zero-order valence-corrected chi connectivity index (χ0v) is 16.9. The molecule has 0 spiro atoms. The molecule has 1 N–H and O–H groups in total. The molecule has 2 aliphatic rings. The summed E-state index contributed by atoms with van der Waals surface area (Å²) in [6, 6.07) is 8.75. The molecule has 2 aromatic rings. The number of nitrogens with zero attached hydrogens (tertiary/aromatic N) is 4. The molecule has 9 heteroatoms. The number of benzene rings is 1. The summed E-state index contributed by atoms with van der Waals surface area (Å²) < 4.78 is 0.305. The summed E-state index contributed by atoms with van der Waals surface area (Å²) in [5, 5.41) is 22.4. The van der Waals surface area contributed by atoms with E-state index in [1.165, 1.54) is 6.07 Å². The second kappa shape index (κ2) is 7.12. The fourth-order valence-corrected chi connectivity index (χ4v) is 5.43. The molecule has 27 heavy (non-hydrogen) atoms. The number of amidine groups is 1. The van der Waals surface area contributed by atoms with E-state index in [9.17, 15) is 15.2 Å². The quantitative estimate of drug-likeness (QED) is 0.548. The summed E-state index contributed by atoms with van der Waals surface area (Å²) in [7, 11) is 0. The molecule has 1 aromatic carbocycles. The maximum Gasteiger partial charge on any atom is 0.312 e. The summed E-state index contributed by atoms with van der Waals surface area (Å²) >= 11 is 4.98. The van der Waals surface area contributed by atoms with E-state index >= 15 is 0 Å². The average molecular weight is 449 g/mol. The molecule has 140 valence electrons. The van der Waals surface area contributed by atoms with Crippen LogP contribution in [0, 0.1) is 10.1 Å². The Morgan fingerprint density at radius 3 is 2.93 bits per heavy atom. The van der Waals surface area contributed by atoms with E-state index in [2.05, 4.69) is 32.7 Å². The highest BCUT2D eigenvalue weighted by atomic mass is 79.9. The number of nitro groups is 1. The van der Waals surface area contributed by atoms with Crippen molar-refractivity contribution in [2.75, 3.05) is 5.75 Å². The molecule has 3 heterocycles. The standard InChI is InChI=1S/C18H17BrN4O3S/c1-2-11-9-27-18-21-15(13-5-3-4-6-20-13)16(22(11)18)10-7-12(19)17(24)14(8-10)23(25)26/h3-8,11,15-16,24H,2,9H2,1H3/t11-,15+,16+/m0/s1. The highest BCUT2D eigenvalue weighted by molar-refractivity contribution is 9.10. The van der Waals surface area contributed by atoms with E-state index in [-0.39, 0.29) is 23.5 Å². The Morgan fingerprint density at radius 2 is 2.26 bits per heavy atom. The highest BCUT2D eigenvalue weighted by Gasteiger charge is 2.46. The zero-order chi connectivity index (χ0) is 19.1. The number of phenols is 1.